The molecule has 2 aromatic carbocycles. The molecule has 0 saturated carbocycles. The minimum atomic E-state index is -0.251. The SMILES string of the molecule is COc1cccc(CN2CC[C@@]3(CCN(Cc4ccc(F)cc4)C3)C2=O)c1. The van der Waals surface area contributed by atoms with Crippen LogP contribution in [0.3, 0.4) is 0 Å². The molecule has 2 fully saturated rings. The number of amides is 1. The van der Waals surface area contributed by atoms with E-state index in [1.54, 1.807) is 7.11 Å². The van der Waals surface area contributed by atoms with Crippen molar-refractivity contribution in [1.82, 2.24) is 9.80 Å². The number of rotatable bonds is 5. The quantitative estimate of drug-likeness (QED) is 0.810. The van der Waals surface area contributed by atoms with E-state index in [4.69, 9.17) is 4.74 Å². The predicted octanol–water partition coefficient (Wildman–Crippen LogP) is 3.46. The van der Waals surface area contributed by atoms with Crippen molar-refractivity contribution < 1.29 is 13.9 Å². The van der Waals surface area contributed by atoms with Gasteiger partial charge in [0.2, 0.25) is 5.91 Å². The summed E-state index contributed by atoms with van der Waals surface area (Å²) in [5.74, 6) is 0.878. The van der Waals surface area contributed by atoms with E-state index in [-0.39, 0.29) is 17.1 Å². The first-order valence-corrected chi connectivity index (χ1v) is 9.47. The van der Waals surface area contributed by atoms with Gasteiger partial charge in [0.05, 0.1) is 12.5 Å². The molecule has 0 aliphatic carbocycles. The fourth-order valence-corrected chi connectivity index (χ4v) is 4.35. The maximum Gasteiger partial charge on any atom is 0.230 e. The summed E-state index contributed by atoms with van der Waals surface area (Å²) in [5, 5.41) is 0. The number of benzene rings is 2. The molecule has 4 rings (SSSR count). The van der Waals surface area contributed by atoms with E-state index in [0.717, 1.165) is 55.9 Å². The smallest absolute Gasteiger partial charge is 0.230 e. The van der Waals surface area contributed by atoms with Gasteiger partial charge in [-0.1, -0.05) is 24.3 Å². The Hall–Kier alpha value is -2.40. The Morgan fingerprint density at radius 3 is 2.59 bits per heavy atom. The fraction of sp³-hybridized carbons (Fsp3) is 0.409. The van der Waals surface area contributed by atoms with E-state index >= 15 is 0 Å². The molecule has 0 radical (unpaired) electrons. The molecule has 1 spiro atoms. The fourth-order valence-electron chi connectivity index (χ4n) is 4.35. The highest BCUT2D eigenvalue weighted by Crippen LogP contribution is 2.41. The van der Waals surface area contributed by atoms with Gasteiger partial charge >= 0.3 is 0 Å². The standard InChI is InChI=1S/C22H25FN2O2/c1-27-20-4-2-3-18(13-20)15-25-12-10-22(21(25)26)9-11-24(16-22)14-17-5-7-19(23)8-6-17/h2-8,13H,9-12,14-16H2,1H3/t22-/m1/s1. The van der Waals surface area contributed by atoms with Crippen LogP contribution in [-0.4, -0.2) is 42.5 Å². The predicted molar refractivity (Wildman–Crippen MR) is 102 cm³/mol. The highest BCUT2D eigenvalue weighted by atomic mass is 19.1. The average Bonchev–Trinajstić information content (AvgIpc) is 3.23. The molecule has 0 bridgehead atoms. The third-order valence-corrected chi connectivity index (χ3v) is 5.86. The summed E-state index contributed by atoms with van der Waals surface area (Å²) in [4.78, 5) is 17.5. The Morgan fingerprint density at radius 1 is 1.04 bits per heavy atom. The lowest BCUT2D eigenvalue weighted by Gasteiger charge is -2.24. The summed E-state index contributed by atoms with van der Waals surface area (Å²) < 4.78 is 18.4. The van der Waals surface area contributed by atoms with Crippen molar-refractivity contribution >= 4 is 5.91 Å². The van der Waals surface area contributed by atoms with Crippen LogP contribution in [0, 0.1) is 11.2 Å². The Bertz CT molecular complexity index is 823. The number of likely N-dealkylation sites (tertiary alicyclic amines) is 2. The van der Waals surface area contributed by atoms with E-state index in [1.807, 2.05) is 41.3 Å². The second kappa shape index (κ2) is 7.31. The molecule has 0 unspecified atom stereocenters. The summed E-state index contributed by atoms with van der Waals surface area (Å²) in [6.07, 6.45) is 1.82. The Morgan fingerprint density at radius 2 is 1.81 bits per heavy atom. The zero-order chi connectivity index (χ0) is 18.9. The topological polar surface area (TPSA) is 32.8 Å². The third-order valence-electron chi connectivity index (χ3n) is 5.86. The van der Waals surface area contributed by atoms with Crippen molar-refractivity contribution in [1.29, 1.82) is 0 Å². The van der Waals surface area contributed by atoms with Crippen LogP contribution in [0.1, 0.15) is 24.0 Å². The van der Waals surface area contributed by atoms with Crippen molar-refractivity contribution in [2.24, 2.45) is 5.41 Å². The molecule has 1 atom stereocenters. The van der Waals surface area contributed by atoms with Crippen LogP contribution in [0.15, 0.2) is 48.5 Å². The summed E-state index contributed by atoms with van der Waals surface area (Å²) in [5.41, 5.74) is 1.94. The van der Waals surface area contributed by atoms with Gasteiger partial charge in [-0.15, -0.1) is 0 Å². The van der Waals surface area contributed by atoms with Crippen molar-refractivity contribution in [3.05, 3.63) is 65.5 Å². The van der Waals surface area contributed by atoms with Gasteiger partial charge in [0.25, 0.3) is 0 Å². The molecule has 2 aliphatic rings. The first-order chi connectivity index (χ1) is 13.1. The van der Waals surface area contributed by atoms with Crippen LogP contribution in [0.25, 0.3) is 0 Å². The number of hydrogen-bond acceptors (Lipinski definition) is 3. The van der Waals surface area contributed by atoms with E-state index in [0.29, 0.717) is 6.54 Å². The van der Waals surface area contributed by atoms with Gasteiger partial charge in [-0.3, -0.25) is 9.69 Å². The van der Waals surface area contributed by atoms with Crippen LogP contribution in [-0.2, 0) is 17.9 Å². The van der Waals surface area contributed by atoms with Crippen molar-refractivity contribution in [3.63, 3.8) is 0 Å². The second-order valence-electron chi connectivity index (χ2n) is 7.70. The number of nitrogens with zero attached hydrogens (tertiary/aromatic N) is 2. The normalized spacial score (nSPS) is 22.7. The lowest BCUT2D eigenvalue weighted by molar-refractivity contribution is -0.136. The first-order valence-electron chi connectivity index (χ1n) is 9.47. The van der Waals surface area contributed by atoms with E-state index in [1.165, 1.54) is 12.1 Å². The summed E-state index contributed by atoms with van der Waals surface area (Å²) >= 11 is 0. The summed E-state index contributed by atoms with van der Waals surface area (Å²) in [6.45, 7) is 3.91. The number of carbonyl (C=O) groups excluding carboxylic acids is 1. The molecule has 1 amide bonds. The van der Waals surface area contributed by atoms with E-state index < -0.39 is 0 Å². The Kier molecular flexibility index (Phi) is 4.87. The highest BCUT2D eigenvalue weighted by Gasteiger charge is 2.50. The second-order valence-corrected chi connectivity index (χ2v) is 7.70. The number of carbonyl (C=O) groups is 1. The lowest BCUT2D eigenvalue weighted by Crippen LogP contribution is -2.36. The summed E-state index contributed by atoms with van der Waals surface area (Å²) in [6, 6.07) is 14.6. The zero-order valence-electron chi connectivity index (χ0n) is 15.7. The Balaban J connectivity index is 1.39. The number of methoxy groups -OCH3 is 1. The molecule has 2 aliphatic heterocycles. The highest BCUT2D eigenvalue weighted by molar-refractivity contribution is 5.85. The molecule has 2 saturated heterocycles. The molecule has 142 valence electrons. The summed E-state index contributed by atoms with van der Waals surface area (Å²) in [7, 11) is 1.66. The van der Waals surface area contributed by atoms with Crippen molar-refractivity contribution in [3.8, 4) is 5.75 Å². The number of hydrogen-bond donors (Lipinski definition) is 0. The third kappa shape index (κ3) is 3.69. The zero-order valence-corrected chi connectivity index (χ0v) is 15.7. The molecular weight excluding hydrogens is 343 g/mol. The van der Waals surface area contributed by atoms with Gasteiger partial charge in [-0.25, -0.2) is 4.39 Å². The number of halogens is 1. The lowest BCUT2D eigenvalue weighted by atomic mass is 9.85. The van der Waals surface area contributed by atoms with Gasteiger partial charge in [0.1, 0.15) is 11.6 Å². The van der Waals surface area contributed by atoms with Crippen molar-refractivity contribution in [2.75, 3.05) is 26.7 Å². The maximum absolute atomic E-state index is 13.1. The van der Waals surface area contributed by atoms with Crippen LogP contribution in [0.4, 0.5) is 4.39 Å². The van der Waals surface area contributed by atoms with E-state index in [2.05, 4.69) is 4.90 Å². The maximum atomic E-state index is 13.1. The molecule has 0 aromatic heterocycles. The minimum Gasteiger partial charge on any atom is -0.497 e. The van der Waals surface area contributed by atoms with Gasteiger partial charge < -0.3 is 9.64 Å². The average molecular weight is 368 g/mol. The van der Waals surface area contributed by atoms with Crippen LogP contribution in [0.2, 0.25) is 0 Å². The van der Waals surface area contributed by atoms with E-state index in [9.17, 15) is 9.18 Å². The van der Waals surface area contributed by atoms with Crippen molar-refractivity contribution in [2.45, 2.75) is 25.9 Å². The largest absolute Gasteiger partial charge is 0.497 e. The van der Waals surface area contributed by atoms with Crippen LogP contribution in [0.5, 0.6) is 5.75 Å². The van der Waals surface area contributed by atoms with Crippen LogP contribution >= 0.6 is 0 Å². The van der Waals surface area contributed by atoms with Gasteiger partial charge in [0.15, 0.2) is 0 Å². The van der Waals surface area contributed by atoms with Gasteiger partial charge in [-0.2, -0.15) is 0 Å². The number of ether oxygens (including phenoxy) is 1. The minimum absolute atomic E-state index is 0.212. The molecule has 4 nitrogen and oxygen atoms in total. The van der Waals surface area contributed by atoms with Crippen LogP contribution < -0.4 is 4.74 Å². The monoisotopic (exact) mass is 368 g/mol. The Labute approximate surface area is 159 Å². The first kappa shape index (κ1) is 18.0. The van der Waals surface area contributed by atoms with Gasteiger partial charge in [0, 0.05) is 26.2 Å². The molecule has 2 heterocycles. The molecular formula is C22H25FN2O2. The van der Waals surface area contributed by atoms with Gasteiger partial charge in [-0.05, 0) is 54.8 Å². The molecule has 5 heteroatoms. The molecule has 27 heavy (non-hydrogen) atoms. The molecule has 2 aromatic rings. The molecule has 0 N–H and O–H groups in total.